The number of nitrogens with zero attached hydrogens (tertiary/aromatic N) is 1. The SMILES string of the molecule is CCc1ccc2c(c1)c(C(N)=O)cn2CCO. The highest BCUT2D eigenvalue weighted by Crippen LogP contribution is 2.23. The first-order valence-corrected chi connectivity index (χ1v) is 5.69. The van der Waals surface area contributed by atoms with Crippen LogP contribution in [0.2, 0.25) is 0 Å². The molecule has 0 radical (unpaired) electrons. The van der Waals surface area contributed by atoms with Crippen LogP contribution in [0.1, 0.15) is 22.8 Å². The molecule has 1 heterocycles. The Hall–Kier alpha value is -1.81. The van der Waals surface area contributed by atoms with Crippen LogP contribution in [-0.4, -0.2) is 22.2 Å². The molecule has 4 heteroatoms. The maximum atomic E-state index is 11.4. The van der Waals surface area contributed by atoms with E-state index in [9.17, 15) is 4.79 Å². The molecule has 0 saturated heterocycles. The summed E-state index contributed by atoms with van der Waals surface area (Å²) in [5.41, 5.74) is 7.99. The summed E-state index contributed by atoms with van der Waals surface area (Å²) >= 11 is 0. The highest BCUT2D eigenvalue weighted by atomic mass is 16.3. The number of aryl methyl sites for hydroxylation is 1. The first-order valence-electron chi connectivity index (χ1n) is 5.69. The summed E-state index contributed by atoms with van der Waals surface area (Å²) in [5, 5.41) is 9.86. The Bertz CT molecular complexity index is 558. The Balaban J connectivity index is 2.67. The molecule has 0 unspecified atom stereocenters. The van der Waals surface area contributed by atoms with Crippen molar-refractivity contribution in [2.24, 2.45) is 5.73 Å². The van der Waals surface area contributed by atoms with E-state index in [0.29, 0.717) is 12.1 Å². The van der Waals surface area contributed by atoms with Gasteiger partial charge in [0.15, 0.2) is 0 Å². The van der Waals surface area contributed by atoms with Gasteiger partial charge in [0.2, 0.25) is 0 Å². The number of aliphatic hydroxyl groups is 1. The van der Waals surface area contributed by atoms with Gasteiger partial charge < -0.3 is 15.4 Å². The van der Waals surface area contributed by atoms with Gasteiger partial charge in [0.1, 0.15) is 0 Å². The van der Waals surface area contributed by atoms with Crippen LogP contribution in [0.4, 0.5) is 0 Å². The van der Waals surface area contributed by atoms with E-state index in [-0.39, 0.29) is 6.61 Å². The molecular formula is C13H16N2O2. The normalized spacial score (nSPS) is 10.9. The predicted molar refractivity (Wildman–Crippen MR) is 66.9 cm³/mol. The fourth-order valence-corrected chi connectivity index (χ4v) is 2.05. The summed E-state index contributed by atoms with van der Waals surface area (Å²) in [4.78, 5) is 11.4. The Morgan fingerprint density at radius 3 is 2.82 bits per heavy atom. The zero-order valence-electron chi connectivity index (χ0n) is 9.81. The molecule has 17 heavy (non-hydrogen) atoms. The molecule has 0 saturated carbocycles. The number of nitrogens with two attached hydrogens (primary N) is 1. The molecule has 0 spiro atoms. The summed E-state index contributed by atoms with van der Waals surface area (Å²) in [5.74, 6) is -0.431. The average molecular weight is 232 g/mol. The third-order valence-electron chi connectivity index (χ3n) is 2.96. The molecule has 90 valence electrons. The number of benzene rings is 1. The monoisotopic (exact) mass is 232 g/mol. The average Bonchev–Trinajstić information content (AvgIpc) is 2.68. The molecule has 1 amide bonds. The predicted octanol–water partition coefficient (Wildman–Crippen LogP) is 1.29. The van der Waals surface area contributed by atoms with Gasteiger partial charge >= 0.3 is 0 Å². The number of amides is 1. The standard InChI is InChI=1S/C13H16N2O2/c1-2-9-3-4-12-10(7-9)11(13(14)17)8-15(12)5-6-16/h3-4,7-8,16H,2,5-6H2,1H3,(H2,14,17). The van der Waals surface area contributed by atoms with E-state index in [1.807, 2.05) is 22.8 Å². The lowest BCUT2D eigenvalue weighted by Gasteiger charge is -2.03. The quantitative estimate of drug-likeness (QED) is 0.834. The van der Waals surface area contributed by atoms with Crippen LogP contribution in [0.25, 0.3) is 10.9 Å². The third-order valence-corrected chi connectivity index (χ3v) is 2.96. The topological polar surface area (TPSA) is 68.2 Å². The minimum Gasteiger partial charge on any atom is -0.395 e. The molecule has 0 aliphatic heterocycles. The second kappa shape index (κ2) is 4.59. The third kappa shape index (κ3) is 2.03. The Morgan fingerprint density at radius 1 is 1.47 bits per heavy atom. The van der Waals surface area contributed by atoms with Crippen molar-refractivity contribution in [3.63, 3.8) is 0 Å². The van der Waals surface area contributed by atoms with Gasteiger partial charge in [0.05, 0.1) is 12.2 Å². The second-order valence-electron chi connectivity index (χ2n) is 4.03. The van der Waals surface area contributed by atoms with Crippen LogP contribution in [-0.2, 0) is 13.0 Å². The molecule has 0 aliphatic rings. The van der Waals surface area contributed by atoms with Gasteiger partial charge in [-0.05, 0) is 24.1 Å². The van der Waals surface area contributed by atoms with Gasteiger partial charge in [-0.2, -0.15) is 0 Å². The number of aliphatic hydroxyl groups excluding tert-OH is 1. The van der Waals surface area contributed by atoms with E-state index >= 15 is 0 Å². The van der Waals surface area contributed by atoms with E-state index in [0.717, 1.165) is 17.3 Å². The Kier molecular flexibility index (Phi) is 3.15. The molecule has 2 aromatic rings. The second-order valence-corrected chi connectivity index (χ2v) is 4.03. The molecule has 1 aromatic carbocycles. The molecule has 3 N–H and O–H groups in total. The van der Waals surface area contributed by atoms with E-state index in [1.54, 1.807) is 6.20 Å². The number of fused-ring (bicyclic) bond motifs is 1. The van der Waals surface area contributed by atoms with Gasteiger partial charge in [-0.25, -0.2) is 0 Å². The van der Waals surface area contributed by atoms with E-state index in [2.05, 4.69) is 6.92 Å². The number of carbonyl (C=O) groups excluding carboxylic acids is 1. The summed E-state index contributed by atoms with van der Waals surface area (Å²) in [7, 11) is 0. The molecule has 0 aliphatic carbocycles. The number of aromatic nitrogens is 1. The fraction of sp³-hybridized carbons (Fsp3) is 0.308. The van der Waals surface area contributed by atoms with Crippen molar-refractivity contribution in [2.75, 3.05) is 6.61 Å². The number of hydrogen-bond acceptors (Lipinski definition) is 2. The number of rotatable bonds is 4. The minimum absolute atomic E-state index is 0.0392. The lowest BCUT2D eigenvalue weighted by atomic mass is 10.1. The highest BCUT2D eigenvalue weighted by molar-refractivity contribution is 6.06. The zero-order valence-corrected chi connectivity index (χ0v) is 9.81. The van der Waals surface area contributed by atoms with Crippen molar-refractivity contribution in [1.29, 1.82) is 0 Å². The first-order chi connectivity index (χ1) is 8.17. The van der Waals surface area contributed by atoms with Crippen molar-refractivity contribution in [3.05, 3.63) is 35.5 Å². The van der Waals surface area contributed by atoms with Gasteiger partial charge in [-0.15, -0.1) is 0 Å². The molecule has 2 rings (SSSR count). The van der Waals surface area contributed by atoms with E-state index in [1.165, 1.54) is 5.56 Å². The minimum atomic E-state index is -0.431. The Morgan fingerprint density at radius 2 is 2.24 bits per heavy atom. The molecule has 0 atom stereocenters. The lowest BCUT2D eigenvalue weighted by molar-refractivity contribution is 0.100. The molecule has 4 nitrogen and oxygen atoms in total. The zero-order chi connectivity index (χ0) is 12.4. The van der Waals surface area contributed by atoms with Crippen LogP contribution in [0.15, 0.2) is 24.4 Å². The van der Waals surface area contributed by atoms with Crippen LogP contribution in [0, 0.1) is 0 Å². The summed E-state index contributed by atoms with van der Waals surface area (Å²) in [6.07, 6.45) is 2.63. The lowest BCUT2D eigenvalue weighted by Crippen LogP contribution is -2.10. The van der Waals surface area contributed by atoms with Crippen molar-refractivity contribution >= 4 is 16.8 Å². The highest BCUT2D eigenvalue weighted by Gasteiger charge is 2.12. The van der Waals surface area contributed by atoms with Crippen LogP contribution in [0.5, 0.6) is 0 Å². The molecule has 0 fully saturated rings. The smallest absolute Gasteiger partial charge is 0.250 e. The fourth-order valence-electron chi connectivity index (χ4n) is 2.05. The maximum absolute atomic E-state index is 11.4. The number of carbonyl (C=O) groups is 1. The number of hydrogen-bond donors (Lipinski definition) is 2. The van der Waals surface area contributed by atoms with E-state index in [4.69, 9.17) is 10.8 Å². The van der Waals surface area contributed by atoms with Crippen LogP contribution < -0.4 is 5.73 Å². The van der Waals surface area contributed by atoms with Gasteiger partial charge in [-0.1, -0.05) is 13.0 Å². The summed E-state index contributed by atoms with van der Waals surface area (Å²) in [6.45, 7) is 2.57. The van der Waals surface area contributed by atoms with Crippen molar-refractivity contribution in [1.82, 2.24) is 4.57 Å². The van der Waals surface area contributed by atoms with Crippen molar-refractivity contribution < 1.29 is 9.90 Å². The van der Waals surface area contributed by atoms with Crippen molar-refractivity contribution in [2.45, 2.75) is 19.9 Å². The molecule has 0 bridgehead atoms. The van der Waals surface area contributed by atoms with Crippen molar-refractivity contribution in [3.8, 4) is 0 Å². The molecule has 1 aromatic heterocycles. The summed E-state index contributed by atoms with van der Waals surface area (Å²) < 4.78 is 1.86. The Labute approximate surface area is 99.7 Å². The first kappa shape index (κ1) is 11.7. The summed E-state index contributed by atoms with van der Waals surface area (Å²) in [6, 6.07) is 5.99. The van der Waals surface area contributed by atoms with Gasteiger partial charge in [0, 0.05) is 23.6 Å². The van der Waals surface area contributed by atoms with Crippen LogP contribution >= 0.6 is 0 Å². The molecular weight excluding hydrogens is 216 g/mol. The maximum Gasteiger partial charge on any atom is 0.250 e. The van der Waals surface area contributed by atoms with Gasteiger partial charge in [-0.3, -0.25) is 4.79 Å². The van der Waals surface area contributed by atoms with Gasteiger partial charge in [0.25, 0.3) is 5.91 Å². The largest absolute Gasteiger partial charge is 0.395 e. The number of primary amides is 1. The van der Waals surface area contributed by atoms with Crippen LogP contribution in [0.3, 0.4) is 0 Å². The van der Waals surface area contributed by atoms with E-state index < -0.39 is 5.91 Å².